The monoisotopic (exact) mass is 335 g/mol. The molecule has 0 aromatic carbocycles. The van der Waals surface area contributed by atoms with Crippen LogP contribution in [0, 0.1) is 0 Å². The standard InChI is InChI=1S/C16H37N3O4/c20-13-1-7-18(8-2-14-21)11-5-17-6-12-19(9-3-15-22)10-4-16-23/h17,20-23H,1-16H2. The third-order valence-electron chi connectivity index (χ3n) is 3.74. The van der Waals surface area contributed by atoms with Gasteiger partial charge < -0.3 is 35.5 Å². The van der Waals surface area contributed by atoms with Crippen molar-refractivity contribution in [2.24, 2.45) is 0 Å². The lowest BCUT2D eigenvalue weighted by Gasteiger charge is -2.24. The van der Waals surface area contributed by atoms with E-state index in [1.54, 1.807) is 0 Å². The van der Waals surface area contributed by atoms with E-state index in [-0.39, 0.29) is 26.4 Å². The summed E-state index contributed by atoms with van der Waals surface area (Å²) in [5.74, 6) is 0. The first-order chi connectivity index (χ1) is 11.3. The molecule has 5 N–H and O–H groups in total. The van der Waals surface area contributed by atoms with Crippen LogP contribution in [0.25, 0.3) is 0 Å². The van der Waals surface area contributed by atoms with Crippen molar-refractivity contribution in [3.63, 3.8) is 0 Å². The number of aliphatic hydroxyl groups is 4. The molecular weight excluding hydrogens is 298 g/mol. The molecule has 0 saturated carbocycles. The third-order valence-corrected chi connectivity index (χ3v) is 3.74. The van der Waals surface area contributed by atoms with Crippen LogP contribution >= 0.6 is 0 Å². The fourth-order valence-corrected chi connectivity index (χ4v) is 2.45. The molecule has 0 aromatic rings. The summed E-state index contributed by atoms with van der Waals surface area (Å²) in [7, 11) is 0. The highest BCUT2D eigenvalue weighted by atomic mass is 16.3. The van der Waals surface area contributed by atoms with E-state index < -0.39 is 0 Å². The Kier molecular flexibility index (Phi) is 17.8. The quantitative estimate of drug-likeness (QED) is 0.199. The minimum absolute atomic E-state index is 0.202. The van der Waals surface area contributed by atoms with E-state index in [1.807, 2.05) is 0 Å². The van der Waals surface area contributed by atoms with Crippen LogP contribution in [0.1, 0.15) is 25.7 Å². The predicted octanol–water partition coefficient (Wildman–Crippen LogP) is -1.29. The Labute approximate surface area is 140 Å². The minimum atomic E-state index is 0.202. The Hall–Kier alpha value is -0.280. The summed E-state index contributed by atoms with van der Waals surface area (Å²) in [5, 5.41) is 39.1. The average Bonchev–Trinajstić information content (AvgIpc) is 2.57. The first-order valence-corrected chi connectivity index (χ1v) is 8.87. The molecule has 0 amide bonds. The predicted molar refractivity (Wildman–Crippen MR) is 92.6 cm³/mol. The van der Waals surface area contributed by atoms with Crippen molar-refractivity contribution in [3.05, 3.63) is 0 Å². The Morgan fingerprint density at radius 1 is 0.478 bits per heavy atom. The molecular formula is C16H37N3O4. The Bertz CT molecular complexity index is 197. The highest BCUT2D eigenvalue weighted by Gasteiger charge is 2.05. The minimum Gasteiger partial charge on any atom is -0.396 e. The molecule has 0 radical (unpaired) electrons. The molecule has 0 atom stereocenters. The maximum Gasteiger partial charge on any atom is 0.0443 e. The number of hydrogen-bond donors (Lipinski definition) is 5. The molecule has 0 aliphatic rings. The van der Waals surface area contributed by atoms with Crippen molar-refractivity contribution in [2.75, 3.05) is 78.8 Å². The lowest BCUT2D eigenvalue weighted by atomic mass is 10.3. The first kappa shape index (κ1) is 22.7. The summed E-state index contributed by atoms with van der Waals surface area (Å²) in [6.45, 7) is 7.82. The van der Waals surface area contributed by atoms with Crippen LogP contribution in [-0.4, -0.2) is 109 Å². The smallest absolute Gasteiger partial charge is 0.0443 e. The van der Waals surface area contributed by atoms with Crippen LogP contribution in [0.3, 0.4) is 0 Å². The number of nitrogens with zero attached hydrogens (tertiary/aromatic N) is 2. The fraction of sp³-hybridized carbons (Fsp3) is 1.00. The zero-order valence-corrected chi connectivity index (χ0v) is 14.5. The van der Waals surface area contributed by atoms with Gasteiger partial charge in [-0.1, -0.05) is 0 Å². The van der Waals surface area contributed by atoms with Crippen molar-refractivity contribution in [3.8, 4) is 0 Å². The van der Waals surface area contributed by atoms with Crippen LogP contribution in [0.4, 0.5) is 0 Å². The zero-order chi connectivity index (χ0) is 17.2. The molecule has 0 fully saturated rings. The van der Waals surface area contributed by atoms with Gasteiger partial charge in [0.05, 0.1) is 0 Å². The molecule has 0 saturated heterocycles. The van der Waals surface area contributed by atoms with Gasteiger partial charge in [0, 0.05) is 78.8 Å². The Balaban J connectivity index is 3.81. The van der Waals surface area contributed by atoms with Crippen molar-refractivity contribution < 1.29 is 20.4 Å². The van der Waals surface area contributed by atoms with Crippen molar-refractivity contribution in [1.29, 1.82) is 0 Å². The SMILES string of the molecule is OCCCN(CCCO)CCNCCN(CCCO)CCCO. The molecule has 0 bridgehead atoms. The summed E-state index contributed by atoms with van der Waals surface area (Å²) >= 11 is 0. The summed E-state index contributed by atoms with van der Waals surface area (Å²) in [4.78, 5) is 4.52. The Morgan fingerprint density at radius 3 is 1.04 bits per heavy atom. The molecule has 23 heavy (non-hydrogen) atoms. The second-order valence-electron chi connectivity index (χ2n) is 5.74. The van der Waals surface area contributed by atoms with Crippen LogP contribution in [0.15, 0.2) is 0 Å². The lowest BCUT2D eigenvalue weighted by Crippen LogP contribution is -2.38. The number of rotatable bonds is 18. The van der Waals surface area contributed by atoms with E-state index >= 15 is 0 Å². The average molecular weight is 335 g/mol. The molecule has 7 nitrogen and oxygen atoms in total. The molecule has 0 rings (SSSR count). The van der Waals surface area contributed by atoms with E-state index in [1.165, 1.54) is 0 Å². The molecule has 0 aliphatic heterocycles. The van der Waals surface area contributed by atoms with Gasteiger partial charge in [0.1, 0.15) is 0 Å². The maximum atomic E-state index is 8.92. The molecule has 0 spiro atoms. The van der Waals surface area contributed by atoms with Gasteiger partial charge in [-0.15, -0.1) is 0 Å². The topological polar surface area (TPSA) is 99.4 Å². The zero-order valence-electron chi connectivity index (χ0n) is 14.5. The van der Waals surface area contributed by atoms with Gasteiger partial charge in [-0.2, -0.15) is 0 Å². The van der Waals surface area contributed by atoms with Crippen LogP contribution in [-0.2, 0) is 0 Å². The van der Waals surface area contributed by atoms with Crippen LogP contribution in [0.2, 0.25) is 0 Å². The van der Waals surface area contributed by atoms with Crippen molar-refractivity contribution in [1.82, 2.24) is 15.1 Å². The van der Waals surface area contributed by atoms with Gasteiger partial charge in [-0.05, 0) is 25.7 Å². The van der Waals surface area contributed by atoms with Gasteiger partial charge in [-0.3, -0.25) is 0 Å². The largest absolute Gasteiger partial charge is 0.396 e. The number of aliphatic hydroxyl groups excluding tert-OH is 4. The highest BCUT2D eigenvalue weighted by Crippen LogP contribution is 1.95. The van der Waals surface area contributed by atoms with E-state index in [9.17, 15) is 0 Å². The maximum absolute atomic E-state index is 8.92. The fourth-order valence-electron chi connectivity index (χ4n) is 2.45. The second kappa shape index (κ2) is 18.1. The van der Waals surface area contributed by atoms with Gasteiger partial charge in [-0.25, -0.2) is 0 Å². The van der Waals surface area contributed by atoms with Crippen molar-refractivity contribution in [2.45, 2.75) is 25.7 Å². The normalized spacial score (nSPS) is 11.7. The first-order valence-electron chi connectivity index (χ1n) is 8.87. The molecule has 140 valence electrons. The van der Waals surface area contributed by atoms with E-state index in [0.717, 1.165) is 78.0 Å². The van der Waals surface area contributed by atoms with Gasteiger partial charge in [0.15, 0.2) is 0 Å². The number of nitrogens with one attached hydrogen (secondary N) is 1. The van der Waals surface area contributed by atoms with Crippen LogP contribution in [0.5, 0.6) is 0 Å². The van der Waals surface area contributed by atoms with Gasteiger partial charge in [0.2, 0.25) is 0 Å². The molecule has 0 unspecified atom stereocenters. The highest BCUT2D eigenvalue weighted by molar-refractivity contribution is 4.63. The molecule has 7 heteroatoms. The van der Waals surface area contributed by atoms with E-state index in [2.05, 4.69) is 15.1 Å². The molecule has 0 heterocycles. The number of hydrogen-bond acceptors (Lipinski definition) is 7. The van der Waals surface area contributed by atoms with E-state index in [4.69, 9.17) is 20.4 Å². The second-order valence-corrected chi connectivity index (χ2v) is 5.74. The van der Waals surface area contributed by atoms with Gasteiger partial charge >= 0.3 is 0 Å². The summed E-state index contributed by atoms with van der Waals surface area (Å²) in [6.07, 6.45) is 3.06. The summed E-state index contributed by atoms with van der Waals surface area (Å²) < 4.78 is 0. The lowest BCUT2D eigenvalue weighted by molar-refractivity contribution is 0.194. The third kappa shape index (κ3) is 15.0. The molecule has 0 aromatic heterocycles. The van der Waals surface area contributed by atoms with Crippen LogP contribution < -0.4 is 5.32 Å². The molecule has 0 aliphatic carbocycles. The van der Waals surface area contributed by atoms with E-state index in [0.29, 0.717) is 0 Å². The van der Waals surface area contributed by atoms with Crippen molar-refractivity contribution >= 4 is 0 Å². The summed E-state index contributed by atoms with van der Waals surface area (Å²) in [5.41, 5.74) is 0. The van der Waals surface area contributed by atoms with Gasteiger partial charge in [0.25, 0.3) is 0 Å². The summed E-state index contributed by atoms with van der Waals surface area (Å²) in [6, 6.07) is 0. The Morgan fingerprint density at radius 2 is 0.783 bits per heavy atom.